The van der Waals surface area contributed by atoms with Crippen LogP contribution in [0.15, 0.2) is 77.2 Å². The third kappa shape index (κ3) is 5.39. The van der Waals surface area contributed by atoms with Crippen LogP contribution < -0.4 is 0 Å². The summed E-state index contributed by atoms with van der Waals surface area (Å²) in [5.41, 5.74) is 2.65. The van der Waals surface area contributed by atoms with Crippen LogP contribution >= 0.6 is 0 Å². The minimum absolute atomic E-state index is 0.0186. The highest BCUT2D eigenvalue weighted by Gasteiger charge is 2.25. The van der Waals surface area contributed by atoms with Crippen LogP contribution in [0.4, 0.5) is 0 Å². The molecule has 0 spiro atoms. The molecule has 4 heteroatoms. The highest BCUT2D eigenvalue weighted by Crippen LogP contribution is 2.23. The molecule has 30 heavy (non-hydrogen) atoms. The van der Waals surface area contributed by atoms with Crippen molar-refractivity contribution in [3.63, 3.8) is 0 Å². The Morgan fingerprint density at radius 3 is 2.20 bits per heavy atom. The van der Waals surface area contributed by atoms with E-state index in [1.165, 1.54) is 11.1 Å². The molecule has 0 aliphatic carbocycles. The molecule has 0 N–H and O–H groups in total. The molecule has 156 valence electrons. The molecule has 0 bridgehead atoms. The number of furan rings is 1. The smallest absolute Gasteiger partial charge is 0.289 e. The van der Waals surface area contributed by atoms with Crippen molar-refractivity contribution in [2.45, 2.75) is 32.4 Å². The first-order chi connectivity index (χ1) is 14.7. The number of amides is 1. The van der Waals surface area contributed by atoms with E-state index in [-0.39, 0.29) is 5.91 Å². The summed E-state index contributed by atoms with van der Waals surface area (Å²) in [4.78, 5) is 17.0. The lowest BCUT2D eigenvalue weighted by Crippen LogP contribution is -2.38. The largest absolute Gasteiger partial charge is 0.455 e. The molecule has 1 fully saturated rings. The van der Waals surface area contributed by atoms with Crippen LogP contribution in [0.1, 0.15) is 40.3 Å². The van der Waals surface area contributed by atoms with Gasteiger partial charge in [-0.25, -0.2) is 0 Å². The van der Waals surface area contributed by atoms with Gasteiger partial charge in [-0.1, -0.05) is 60.7 Å². The predicted octanol–water partition coefficient (Wildman–Crippen LogP) is 5.01. The first-order valence-electron chi connectivity index (χ1n) is 10.8. The molecular formula is C26H30N2O2. The minimum atomic E-state index is 0.0186. The average molecular weight is 403 g/mol. The number of nitrogens with zero attached hydrogens (tertiary/aromatic N) is 2. The summed E-state index contributed by atoms with van der Waals surface area (Å²) in [6.45, 7) is 3.14. The van der Waals surface area contributed by atoms with Gasteiger partial charge in [0, 0.05) is 19.6 Å². The number of carbonyl (C=O) groups excluding carboxylic acids is 1. The summed E-state index contributed by atoms with van der Waals surface area (Å²) in [6.07, 6.45) is 3.20. The van der Waals surface area contributed by atoms with E-state index >= 15 is 0 Å². The van der Waals surface area contributed by atoms with Crippen molar-refractivity contribution in [3.8, 4) is 0 Å². The van der Waals surface area contributed by atoms with Crippen LogP contribution in [0, 0.1) is 5.92 Å². The summed E-state index contributed by atoms with van der Waals surface area (Å²) in [5, 5.41) is 0. The van der Waals surface area contributed by atoms with E-state index in [9.17, 15) is 4.79 Å². The van der Waals surface area contributed by atoms with Crippen molar-refractivity contribution in [1.29, 1.82) is 0 Å². The first kappa shape index (κ1) is 20.4. The number of piperidine rings is 1. The summed E-state index contributed by atoms with van der Waals surface area (Å²) in [6, 6.07) is 24.8. The van der Waals surface area contributed by atoms with Gasteiger partial charge in [0.2, 0.25) is 0 Å². The fourth-order valence-corrected chi connectivity index (χ4v) is 4.24. The van der Waals surface area contributed by atoms with Crippen LogP contribution in [0.25, 0.3) is 0 Å². The maximum absolute atomic E-state index is 12.9. The van der Waals surface area contributed by atoms with Crippen molar-refractivity contribution in [2.75, 3.05) is 20.1 Å². The van der Waals surface area contributed by atoms with Crippen molar-refractivity contribution in [2.24, 2.45) is 5.92 Å². The monoisotopic (exact) mass is 402 g/mol. The van der Waals surface area contributed by atoms with E-state index in [2.05, 4.69) is 66.5 Å². The van der Waals surface area contributed by atoms with Crippen LogP contribution in [0.5, 0.6) is 0 Å². The normalized spacial score (nSPS) is 14.9. The van der Waals surface area contributed by atoms with Crippen LogP contribution in [0.2, 0.25) is 0 Å². The summed E-state index contributed by atoms with van der Waals surface area (Å²) >= 11 is 0. The lowest BCUT2D eigenvalue weighted by Gasteiger charge is -2.31. The molecule has 1 aliphatic heterocycles. The first-order valence-corrected chi connectivity index (χ1v) is 10.8. The molecule has 0 saturated carbocycles. The molecular weight excluding hydrogens is 372 g/mol. The summed E-state index contributed by atoms with van der Waals surface area (Å²) < 4.78 is 5.90. The molecule has 2 aromatic carbocycles. The quantitative estimate of drug-likeness (QED) is 0.558. The maximum atomic E-state index is 12.9. The van der Waals surface area contributed by atoms with E-state index in [0.717, 1.165) is 44.7 Å². The van der Waals surface area contributed by atoms with Gasteiger partial charge in [-0.3, -0.25) is 9.69 Å². The van der Waals surface area contributed by atoms with E-state index in [1.54, 1.807) is 0 Å². The maximum Gasteiger partial charge on any atom is 0.289 e. The SMILES string of the molecule is CN(Cc1ccccc1)Cc1ccc(C(=O)N2CCC(Cc3ccccc3)CC2)o1. The Bertz CT molecular complexity index is 928. The van der Waals surface area contributed by atoms with E-state index in [0.29, 0.717) is 18.2 Å². The van der Waals surface area contributed by atoms with Gasteiger partial charge < -0.3 is 9.32 Å². The third-order valence-electron chi connectivity index (χ3n) is 5.86. The zero-order chi connectivity index (χ0) is 20.8. The molecule has 0 radical (unpaired) electrons. The van der Waals surface area contributed by atoms with Crippen molar-refractivity contribution >= 4 is 5.91 Å². The van der Waals surface area contributed by atoms with E-state index in [1.807, 2.05) is 23.1 Å². The number of hydrogen-bond acceptors (Lipinski definition) is 3. The van der Waals surface area contributed by atoms with Crippen molar-refractivity contribution < 1.29 is 9.21 Å². The summed E-state index contributed by atoms with van der Waals surface area (Å²) in [5.74, 6) is 1.95. The van der Waals surface area contributed by atoms with Gasteiger partial charge in [0.05, 0.1) is 6.54 Å². The van der Waals surface area contributed by atoms with Gasteiger partial charge in [-0.05, 0) is 55.5 Å². The molecule has 0 atom stereocenters. The average Bonchev–Trinajstić information content (AvgIpc) is 3.23. The highest BCUT2D eigenvalue weighted by atomic mass is 16.4. The topological polar surface area (TPSA) is 36.7 Å². The van der Waals surface area contributed by atoms with Crippen LogP contribution in [0.3, 0.4) is 0 Å². The van der Waals surface area contributed by atoms with Crippen LogP contribution in [-0.2, 0) is 19.5 Å². The molecule has 4 rings (SSSR count). The number of rotatable bonds is 7. The lowest BCUT2D eigenvalue weighted by molar-refractivity contribution is 0.0655. The fourth-order valence-electron chi connectivity index (χ4n) is 4.24. The molecule has 1 saturated heterocycles. The predicted molar refractivity (Wildman–Crippen MR) is 119 cm³/mol. The lowest BCUT2D eigenvalue weighted by atomic mass is 9.90. The van der Waals surface area contributed by atoms with Gasteiger partial charge in [-0.15, -0.1) is 0 Å². The Labute approximate surface area is 179 Å². The van der Waals surface area contributed by atoms with Gasteiger partial charge in [0.25, 0.3) is 5.91 Å². The fraction of sp³-hybridized carbons (Fsp3) is 0.346. The number of benzene rings is 2. The Morgan fingerprint density at radius 2 is 1.53 bits per heavy atom. The third-order valence-corrected chi connectivity index (χ3v) is 5.86. The number of likely N-dealkylation sites (tertiary alicyclic amines) is 1. The Morgan fingerprint density at radius 1 is 0.900 bits per heavy atom. The van der Waals surface area contributed by atoms with Gasteiger partial charge in [0.15, 0.2) is 5.76 Å². The second kappa shape index (κ2) is 9.77. The van der Waals surface area contributed by atoms with Crippen molar-refractivity contribution in [3.05, 3.63) is 95.4 Å². The van der Waals surface area contributed by atoms with Gasteiger partial charge in [-0.2, -0.15) is 0 Å². The zero-order valence-corrected chi connectivity index (χ0v) is 17.7. The molecule has 1 aromatic heterocycles. The van der Waals surface area contributed by atoms with Gasteiger partial charge >= 0.3 is 0 Å². The molecule has 0 unspecified atom stereocenters. The molecule has 4 nitrogen and oxygen atoms in total. The van der Waals surface area contributed by atoms with Crippen molar-refractivity contribution in [1.82, 2.24) is 9.80 Å². The Balaban J connectivity index is 1.27. The second-order valence-electron chi connectivity index (χ2n) is 8.35. The van der Waals surface area contributed by atoms with E-state index in [4.69, 9.17) is 4.42 Å². The van der Waals surface area contributed by atoms with Gasteiger partial charge in [0.1, 0.15) is 5.76 Å². The Kier molecular flexibility index (Phi) is 6.65. The van der Waals surface area contributed by atoms with E-state index < -0.39 is 0 Å². The summed E-state index contributed by atoms with van der Waals surface area (Å²) in [7, 11) is 2.06. The zero-order valence-electron chi connectivity index (χ0n) is 17.7. The minimum Gasteiger partial charge on any atom is -0.455 e. The standard InChI is InChI=1S/C26H30N2O2/c1-27(19-23-10-6-3-7-11-23)20-24-12-13-25(30-24)26(29)28-16-14-22(15-17-28)18-21-8-4-2-5-9-21/h2-13,22H,14-20H2,1H3. The van der Waals surface area contributed by atoms with Crippen LogP contribution in [-0.4, -0.2) is 35.8 Å². The molecule has 1 amide bonds. The highest BCUT2D eigenvalue weighted by molar-refractivity contribution is 5.91. The molecule has 2 heterocycles. The number of hydrogen-bond donors (Lipinski definition) is 0. The molecule has 1 aliphatic rings. The Hall–Kier alpha value is -2.85. The number of carbonyl (C=O) groups is 1. The molecule has 3 aromatic rings. The second-order valence-corrected chi connectivity index (χ2v) is 8.35.